The zero-order valence-electron chi connectivity index (χ0n) is 9.82. The van der Waals surface area contributed by atoms with E-state index >= 15 is 0 Å². The van der Waals surface area contributed by atoms with Gasteiger partial charge in [0.05, 0.1) is 0 Å². The Morgan fingerprint density at radius 3 is 2.56 bits per heavy atom. The Kier molecular flexibility index (Phi) is 5.39. The van der Waals surface area contributed by atoms with Crippen LogP contribution in [0, 0.1) is 0 Å². The number of hydrogen-bond donors (Lipinski definition) is 0. The average Bonchev–Trinajstić information content (AvgIpc) is 2.72. The van der Waals surface area contributed by atoms with Crippen molar-refractivity contribution in [3.8, 4) is 0 Å². The van der Waals surface area contributed by atoms with E-state index in [1.54, 1.807) is 14.1 Å². The van der Waals surface area contributed by atoms with E-state index in [0.29, 0.717) is 29.9 Å². The summed E-state index contributed by atoms with van der Waals surface area (Å²) < 4.78 is 37.0. The molecule has 102 valence electrons. The number of halogens is 3. The highest BCUT2D eigenvalue weighted by Gasteiger charge is 2.35. The molecule has 0 aliphatic carbocycles. The lowest BCUT2D eigenvalue weighted by Gasteiger charge is -2.08. The van der Waals surface area contributed by atoms with E-state index in [9.17, 15) is 18.0 Å². The van der Waals surface area contributed by atoms with E-state index in [-0.39, 0.29) is 10.2 Å². The van der Waals surface area contributed by atoms with Gasteiger partial charge in [-0.3, -0.25) is 4.79 Å². The summed E-state index contributed by atoms with van der Waals surface area (Å²) in [6, 6.07) is 0. The van der Waals surface area contributed by atoms with Gasteiger partial charge in [0.1, 0.15) is 0 Å². The van der Waals surface area contributed by atoms with Gasteiger partial charge < -0.3 is 4.90 Å². The summed E-state index contributed by atoms with van der Waals surface area (Å²) in [6.07, 6.45) is -3.45. The molecule has 1 heterocycles. The van der Waals surface area contributed by atoms with Gasteiger partial charge in [0.2, 0.25) is 10.9 Å². The Labute approximate surface area is 111 Å². The maximum Gasteiger partial charge on any atom is 0.445 e. The van der Waals surface area contributed by atoms with Crippen molar-refractivity contribution in [3.63, 3.8) is 0 Å². The molecule has 18 heavy (non-hydrogen) atoms. The van der Waals surface area contributed by atoms with E-state index in [2.05, 4.69) is 10.2 Å². The molecule has 1 aromatic heterocycles. The number of alkyl halides is 3. The summed E-state index contributed by atoms with van der Waals surface area (Å²) in [5.41, 5.74) is 0. The van der Waals surface area contributed by atoms with Crippen LogP contribution in [0.1, 0.15) is 17.8 Å². The predicted molar refractivity (Wildman–Crippen MR) is 63.6 cm³/mol. The molecule has 0 fully saturated rings. The molecule has 0 N–H and O–H groups in total. The van der Waals surface area contributed by atoms with E-state index < -0.39 is 11.2 Å². The van der Waals surface area contributed by atoms with Crippen molar-refractivity contribution < 1.29 is 18.0 Å². The maximum atomic E-state index is 12.2. The molecule has 1 amide bonds. The van der Waals surface area contributed by atoms with Gasteiger partial charge in [0.25, 0.3) is 0 Å². The molecule has 0 bridgehead atoms. The first-order valence-corrected chi connectivity index (χ1v) is 6.84. The van der Waals surface area contributed by atoms with Crippen molar-refractivity contribution >= 4 is 29.0 Å². The minimum atomic E-state index is -4.43. The van der Waals surface area contributed by atoms with Gasteiger partial charge in [-0.05, 0) is 6.42 Å². The predicted octanol–water partition coefficient (Wildman–Crippen LogP) is 2.52. The average molecular weight is 299 g/mol. The number of amides is 1. The fraction of sp³-hybridized carbons (Fsp3) is 0.667. The smallest absolute Gasteiger partial charge is 0.349 e. The third-order valence-electron chi connectivity index (χ3n) is 1.91. The van der Waals surface area contributed by atoms with E-state index in [1.165, 1.54) is 16.7 Å². The lowest BCUT2D eigenvalue weighted by molar-refractivity contribution is -0.138. The standard InChI is InChI=1S/C9H12F3N3OS2/c1-15(2)6(16)4-3-5-17-8-14-13-7(18-8)9(10,11)12/h3-5H2,1-2H3. The molecule has 9 heteroatoms. The second-order valence-corrected chi connectivity index (χ2v) is 5.93. The number of rotatable bonds is 5. The van der Waals surface area contributed by atoms with E-state index in [1.807, 2.05) is 0 Å². The first-order chi connectivity index (χ1) is 8.30. The van der Waals surface area contributed by atoms with E-state index in [0.717, 1.165) is 0 Å². The maximum absolute atomic E-state index is 12.2. The molecule has 0 aliphatic heterocycles. The summed E-state index contributed by atoms with van der Waals surface area (Å²) in [5.74, 6) is 0.551. The van der Waals surface area contributed by atoms with Crippen molar-refractivity contribution in [2.24, 2.45) is 0 Å². The van der Waals surface area contributed by atoms with Crippen LogP contribution in [0.5, 0.6) is 0 Å². The van der Waals surface area contributed by atoms with Crippen molar-refractivity contribution in [1.82, 2.24) is 15.1 Å². The number of aromatic nitrogens is 2. The second kappa shape index (κ2) is 6.37. The van der Waals surface area contributed by atoms with Crippen LogP contribution in [-0.4, -0.2) is 40.9 Å². The minimum Gasteiger partial charge on any atom is -0.349 e. The number of nitrogens with zero attached hydrogens (tertiary/aromatic N) is 3. The van der Waals surface area contributed by atoms with Gasteiger partial charge in [-0.1, -0.05) is 23.1 Å². The zero-order valence-corrected chi connectivity index (χ0v) is 11.5. The van der Waals surface area contributed by atoms with Gasteiger partial charge in [-0.15, -0.1) is 10.2 Å². The lowest BCUT2D eigenvalue weighted by Crippen LogP contribution is -2.21. The van der Waals surface area contributed by atoms with Crippen LogP contribution >= 0.6 is 23.1 Å². The van der Waals surface area contributed by atoms with Crippen molar-refractivity contribution in [1.29, 1.82) is 0 Å². The number of carbonyl (C=O) groups is 1. The Bertz CT molecular complexity index is 406. The summed E-state index contributed by atoms with van der Waals surface area (Å²) in [6.45, 7) is 0. The van der Waals surface area contributed by atoms with Gasteiger partial charge in [-0.2, -0.15) is 13.2 Å². The molecule has 0 aromatic carbocycles. The molecule has 0 spiro atoms. The summed E-state index contributed by atoms with van der Waals surface area (Å²) in [7, 11) is 3.33. The van der Waals surface area contributed by atoms with Gasteiger partial charge in [0, 0.05) is 26.3 Å². The first-order valence-electron chi connectivity index (χ1n) is 5.04. The molecule has 0 radical (unpaired) electrons. The van der Waals surface area contributed by atoms with Crippen LogP contribution in [-0.2, 0) is 11.0 Å². The largest absolute Gasteiger partial charge is 0.445 e. The monoisotopic (exact) mass is 299 g/mol. The molecule has 4 nitrogen and oxygen atoms in total. The highest BCUT2D eigenvalue weighted by Crippen LogP contribution is 2.34. The fourth-order valence-electron chi connectivity index (χ4n) is 0.989. The molecule has 0 aliphatic rings. The van der Waals surface area contributed by atoms with Crippen molar-refractivity contribution in [3.05, 3.63) is 5.01 Å². The van der Waals surface area contributed by atoms with Crippen LogP contribution in [0.25, 0.3) is 0 Å². The van der Waals surface area contributed by atoms with Crippen LogP contribution in [0.15, 0.2) is 4.34 Å². The highest BCUT2D eigenvalue weighted by molar-refractivity contribution is 8.01. The van der Waals surface area contributed by atoms with E-state index in [4.69, 9.17) is 0 Å². The Balaban J connectivity index is 2.32. The van der Waals surface area contributed by atoms with Crippen LogP contribution in [0.4, 0.5) is 13.2 Å². The van der Waals surface area contributed by atoms with Crippen LogP contribution in [0.2, 0.25) is 0 Å². The molecule has 1 aromatic rings. The Morgan fingerprint density at radius 1 is 1.39 bits per heavy atom. The Hall–Kier alpha value is -0.830. The number of carbonyl (C=O) groups excluding carboxylic acids is 1. The van der Waals surface area contributed by atoms with Crippen LogP contribution < -0.4 is 0 Å². The summed E-state index contributed by atoms with van der Waals surface area (Å²) in [4.78, 5) is 12.7. The molecule has 0 saturated heterocycles. The molecular weight excluding hydrogens is 287 g/mol. The molecule has 0 saturated carbocycles. The summed E-state index contributed by atoms with van der Waals surface area (Å²) >= 11 is 1.71. The minimum absolute atomic E-state index is 0.00356. The van der Waals surface area contributed by atoms with Gasteiger partial charge in [-0.25, -0.2) is 0 Å². The highest BCUT2D eigenvalue weighted by atomic mass is 32.2. The summed E-state index contributed by atoms with van der Waals surface area (Å²) in [5, 5.41) is 5.59. The molecule has 0 unspecified atom stereocenters. The van der Waals surface area contributed by atoms with Gasteiger partial charge >= 0.3 is 6.18 Å². The van der Waals surface area contributed by atoms with Gasteiger partial charge in [0.15, 0.2) is 4.34 Å². The third kappa shape index (κ3) is 4.81. The number of thioether (sulfide) groups is 1. The quantitative estimate of drug-likeness (QED) is 0.619. The lowest BCUT2D eigenvalue weighted by atomic mass is 10.3. The SMILES string of the molecule is CN(C)C(=O)CCCSc1nnc(C(F)(F)F)s1. The number of hydrogen-bond acceptors (Lipinski definition) is 5. The zero-order chi connectivity index (χ0) is 13.8. The third-order valence-corrected chi connectivity index (χ3v) is 4.10. The first kappa shape index (κ1) is 15.2. The van der Waals surface area contributed by atoms with Crippen molar-refractivity contribution in [2.75, 3.05) is 19.8 Å². The topological polar surface area (TPSA) is 46.1 Å². The normalized spacial score (nSPS) is 11.6. The molecule has 0 atom stereocenters. The Morgan fingerprint density at radius 2 is 2.06 bits per heavy atom. The second-order valence-electron chi connectivity index (χ2n) is 3.61. The molecule has 1 rings (SSSR count). The fourth-order valence-corrected chi connectivity index (χ4v) is 2.72. The van der Waals surface area contributed by atoms with Crippen LogP contribution in [0.3, 0.4) is 0 Å². The molecular formula is C9H12F3N3OS2. The van der Waals surface area contributed by atoms with Crippen molar-refractivity contribution in [2.45, 2.75) is 23.4 Å².